The van der Waals surface area contributed by atoms with E-state index < -0.39 is 5.97 Å². The van der Waals surface area contributed by atoms with Crippen LogP contribution in [-0.2, 0) is 4.79 Å². The first-order valence-corrected chi connectivity index (χ1v) is 9.06. The van der Waals surface area contributed by atoms with Gasteiger partial charge in [0.15, 0.2) is 11.7 Å². The lowest BCUT2D eigenvalue weighted by Gasteiger charge is -2.02. The van der Waals surface area contributed by atoms with Crippen molar-refractivity contribution in [3.63, 3.8) is 0 Å². The second kappa shape index (κ2) is 5.84. The standard InChI is InChI=1S/C22H19NO3/c24-22(25)20-18(14-4-2-1-3-5-14)19(20)15-8-6-13(7-9-15)17-12-23-21(26-17)16-10-11-16/h1-9,12,16,18-20H,10-11H2,(H,24,25). The number of aromatic nitrogens is 1. The number of oxazole rings is 1. The van der Waals surface area contributed by atoms with Crippen LogP contribution in [0.1, 0.15) is 47.6 Å². The van der Waals surface area contributed by atoms with E-state index in [4.69, 9.17) is 4.42 Å². The molecule has 3 atom stereocenters. The first-order chi connectivity index (χ1) is 12.7. The molecule has 130 valence electrons. The fourth-order valence-electron chi connectivity index (χ4n) is 3.93. The summed E-state index contributed by atoms with van der Waals surface area (Å²) >= 11 is 0. The van der Waals surface area contributed by atoms with Gasteiger partial charge in [-0.2, -0.15) is 0 Å². The Morgan fingerprint density at radius 2 is 1.62 bits per heavy atom. The molecule has 2 aliphatic rings. The molecule has 0 spiro atoms. The SMILES string of the molecule is O=C(O)C1C(c2ccccc2)C1c1ccc(-c2cnc(C3CC3)o2)cc1. The highest BCUT2D eigenvalue weighted by Crippen LogP contribution is 2.60. The summed E-state index contributed by atoms with van der Waals surface area (Å²) in [5.41, 5.74) is 3.15. The Labute approximate surface area is 151 Å². The van der Waals surface area contributed by atoms with Gasteiger partial charge < -0.3 is 9.52 Å². The van der Waals surface area contributed by atoms with Gasteiger partial charge in [-0.1, -0.05) is 54.6 Å². The lowest BCUT2D eigenvalue weighted by molar-refractivity contribution is -0.138. The quantitative estimate of drug-likeness (QED) is 0.721. The molecule has 3 aromatic rings. The Hall–Kier alpha value is -2.88. The zero-order chi connectivity index (χ0) is 17.7. The van der Waals surface area contributed by atoms with E-state index >= 15 is 0 Å². The molecule has 4 heteroatoms. The van der Waals surface area contributed by atoms with Gasteiger partial charge in [0.2, 0.25) is 0 Å². The van der Waals surface area contributed by atoms with E-state index in [1.807, 2.05) is 54.6 Å². The number of hydrogen-bond donors (Lipinski definition) is 1. The third kappa shape index (κ3) is 2.62. The third-order valence-corrected chi connectivity index (χ3v) is 5.52. The van der Waals surface area contributed by atoms with Gasteiger partial charge in [-0.05, 0) is 24.0 Å². The van der Waals surface area contributed by atoms with Crippen LogP contribution in [-0.4, -0.2) is 16.1 Å². The molecule has 0 saturated heterocycles. The molecule has 1 aromatic heterocycles. The average Bonchev–Trinajstić information content (AvgIpc) is 3.59. The van der Waals surface area contributed by atoms with Crippen LogP contribution in [0.5, 0.6) is 0 Å². The lowest BCUT2D eigenvalue weighted by Crippen LogP contribution is -2.00. The third-order valence-electron chi connectivity index (χ3n) is 5.52. The zero-order valence-corrected chi connectivity index (χ0v) is 14.2. The van der Waals surface area contributed by atoms with E-state index in [0.717, 1.165) is 41.2 Å². The number of benzene rings is 2. The van der Waals surface area contributed by atoms with E-state index in [0.29, 0.717) is 5.92 Å². The van der Waals surface area contributed by atoms with Crippen molar-refractivity contribution >= 4 is 5.97 Å². The average molecular weight is 345 g/mol. The highest BCUT2D eigenvalue weighted by atomic mass is 16.4. The Kier molecular flexibility index (Phi) is 3.45. The van der Waals surface area contributed by atoms with Gasteiger partial charge in [-0.25, -0.2) is 4.98 Å². The van der Waals surface area contributed by atoms with Gasteiger partial charge in [0.1, 0.15) is 0 Å². The van der Waals surface area contributed by atoms with E-state index in [2.05, 4.69) is 4.98 Å². The topological polar surface area (TPSA) is 63.3 Å². The summed E-state index contributed by atoms with van der Waals surface area (Å²) in [6, 6.07) is 18.0. The van der Waals surface area contributed by atoms with Crippen molar-refractivity contribution in [3.8, 4) is 11.3 Å². The molecule has 1 N–H and O–H groups in total. The Balaban J connectivity index is 1.40. The molecular formula is C22H19NO3. The fourth-order valence-corrected chi connectivity index (χ4v) is 3.93. The predicted octanol–water partition coefficient (Wildman–Crippen LogP) is 4.80. The molecule has 5 rings (SSSR count). The predicted molar refractivity (Wildman–Crippen MR) is 97.0 cm³/mol. The second-order valence-corrected chi connectivity index (χ2v) is 7.29. The van der Waals surface area contributed by atoms with Gasteiger partial charge in [0.05, 0.1) is 12.1 Å². The van der Waals surface area contributed by atoms with Gasteiger partial charge in [0.25, 0.3) is 0 Å². The Morgan fingerprint density at radius 1 is 0.962 bits per heavy atom. The number of rotatable bonds is 5. The van der Waals surface area contributed by atoms with Crippen LogP contribution in [0, 0.1) is 5.92 Å². The smallest absolute Gasteiger partial charge is 0.307 e. The lowest BCUT2D eigenvalue weighted by atomic mass is 10.0. The molecule has 2 fully saturated rings. The molecular weight excluding hydrogens is 326 g/mol. The molecule has 3 unspecified atom stereocenters. The minimum Gasteiger partial charge on any atom is -0.481 e. The molecule has 0 amide bonds. The van der Waals surface area contributed by atoms with Gasteiger partial charge in [0, 0.05) is 23.3 Å². The van der Waals surface area contributed by atoms with Crippen LogP contribution in [0.3, 0.4) is 0 Å². The maximum absolute atomic E-state index is 11.7. The molecule has 0 bridgehead atoms. The molecule has 1 heterocycles. The summed E-state index contributed by atoms with van der Waals surface area (Å²) < 4.78 is 5.85. The minimum absolute atomic E-state index is 0.0284. The first-order valence-electron chi connectivity index (χ1n) is 9.06. The van der Waals surface area contributed by atoms with Crippen molar-refractivity contribution in [2.24, 2.45) is 5.92 Å². The second-order valence-electron chi connectivity index (χ2n) is 7.29. The van der Waals surface area contributed by atoms with Crippen LogP contribution in [0.2, 0.25) is 0 Å². The van der Waals surface area contributed by atoms with Gasteiger partial charge in [-0.15, -0.1) is 0 Å². The molecule has 0 radical (unpaired) electrons. The van der Waals surface area contributed by atoms with Crippen molar-refractivity contribution in [2.75, 3.05) is 0 Å². The number of hydrogen-bond acceptors (Lipinski definition) is 3. The van der Waals surface area contributed by atoms with Crippen LogP contribution >= 0.6 is 0 Å². The summed E-state index contributed by atoms with van der Waals surface area (Å²) in [6.07, 6.45) is 4.11. The fraction of sp³-hybridized carbons (Fsp3) is 0.273. The van der Waals surface area contributed by atoms with Crippen molar-refractivity contribution in [1.82, 2.24) is 4.98 Å². The van der Waals surface area contributed by atoms with E-state index in [-0.39, 0.29) is 17.8 Å². The number of carboxylic acids is 1. The summed E-state index contributed by atoms with van der Waals surface area (Å²) in [6.45, 7) is 0. The highest BCUT2D eigenvalue weighted by molar-refractivity contribution is 5.78. The molecule has 2 saturated carbocycles. The van der Waals surface area contributed by atoms with Crippen molar-refractivity contribution in [2.45, 2.75) is 30.6 Å². The Bertz CT molecular complexity index is 941. The van der Waals surface area contributed by atoms with Crippen molar-refractivity contribution in [3.05, 3.63) is 77.8 Å². The number of carbonyl (C=O) groups is 1. The minimum atomic E-state index is -0.725. The maximum Gasteiger partial charge on any atom is 0.307 e. The molecule has 0 aliphatic heterocycles. The van der Waals surface area contributed by atoms with Gasteiger partial charge >= 0.3 is 5.97 Å². The van der Waals surface area contributed by atoms with Crippen molar-refractivity contribution in [1.29, 1.82) is 0 Å². The van der Waals surface area contributed by atoms with Crippen LogP contribution in [0.4, 0.5) is 0 Å². The number of carboxylic acid groups (broad SMARTS) is 1. The highest BCUT2D eigenvalue weighted by Gasteiger charge is 2.56. The summed E-state index contributed by atoms with van der Waals surface area (Å²) in [4.78, 5) is 16.0. The van der Waals surface area contributed by atoms with E-state index in [9.17, 15) is 9.90 Å². The largest absolute Gasteiger partial charge is 0.481 e. The van der Waals surface area contributed by atoms with Crippen molar-refractivity contribution < 1.29 is 14.3 Å². The zero-order valence-electron chi connectivity index (χ0n) is 14.2. The molecule has 4 nitrogen and oxygen atoms in total. The summed E-state index contributed by atoms with van der Waals surface area (Å²) in [5.74, 6) is 1.11. The van der Waals surface area contributed by atoms with Crippen LogP contribution in [0.15, 0.2) is 65.2 Å². The summed E-state index contributed by atoms with van der Waals surface area (Å²) in [5, 5.41) is 9.59. The Morgan fingerprint density at radius 3 is 2.23 bits per heavy atom. The number of nitrogens with zero attached hydrogens (tertiary/aromatic N) is 1. The van der Waals surface area contributed by atoms with E-state index in [1.165, 1.54) is 0 Å². The molecule has 2 aliphatic carbocycles. The monoisotopic (exact) mass is 345 g/mol. The summed E-state index contributed by atoms with van der Waals surface area (Å²) in [7, 11) is 0. The maximum atomic E-state index is 11.7. The molecule has 2 aromatic carbocycles. The van der Waals surface area contributed by atoms with E-state index in [1.54, 1.807) is 6.20 Å². The number of aliphatic carboxylic acids is 1. The van der Waals surface area contributed by atoms with Gasteiger partial charge in [-0.3, -0.25) is 4.79 Å². The van der Waals surface area contributed by atoms with Crippen LogP contribution < -0.4 is 0 Å². The normalized spacial score (nSPS) is 24.4. The first kappa shape index (κ1) is 15.4. The van der Waals surface area contributed by atoms with Crippen LogP contribution in [0.25, 0.3) is 11.3 Å². The molecule has 26 heavy (non-hydrogen) atoms.